The highest BCUT2D eigenvalue weighted by Gasteiger charge is 2.26. The van der Waals surface area contributed by atoms with Gasteiger partial charge in [0, 0.05) is 24.9 Å². The van der Waals surface area contributed by atoms with E-state index in [1.807, 2.05) is 30.3 Å². The molecule has 1 aromatic carbocycles. The van der Waals surface area contributed by atoms with Crippen molar-refractivity contribution in [3.05, 3.63) is 69.8 Å². The third kappa shape index (κ3) is 6.76. The van der Waals surface area contributed by atoms with Gasteiger partial charge in [-0.1, -0.05) is 44.2 Å². The van der Waals surface area contributed by atoms with Crippen molar-refractivity contribution in [2.45, 2.75) is 38.8 Å². The van der Waals surface area contributed by atoms with E-state index in [4.69, 9.17) is 4.42 Å². The zero-order valence-corrected chi connectivity index (χ0v) is 21.1. The molecule has 190 valence electrons. The van der Waals surface area contributed by atoms with E-state index in [0.717, 1.165) is 5.56 Å². The van der Waals surface area contributed by atoms with Crippen LogP contribution in [-0.4, -0.2) is 47.3 Å². The lowest BCUT2D eigenvalue weighted by atomic mass is 10.0. The van der Waals surface area contributed by atoms with Gasteiger partial charge < -0.3 is 25.7 Å². The minimum atomic E-state index is -0.560. The Morgan fingerprint density at radius 3 is 2.58 bits per heavy atom. The Morgan fingerprint density at radius 2 is 1.81 bits per heavy atom. The summed E-state index contributed by atoms with van der Waals surface area (Å²) in [6, 6.07) is 8.71. The molecular weight excluding hydrogens is 480 g/mol. The van der Waals surface area contributed by atoms with Crippen molar-refractivity contribution in [2.75, 3.05) is 19.6 Å². The second-order valence-corrected chi connectivity index (χ2v) is 9.93. The standard InChI is InChI=1S/C25H30N6O4S/c1-15(2)10-18-25-31-20(14-36-25)22(33)27-9-8-26-12-21(32)28-17(11-16-6-4-3-5-7-16)24-30-19(13-35-24)23(34)29-18/h3-7,13-15,17-18,26H,8-12H2,1-2H3,(H,27,33)(H,28,32)(H,29,34)/t17-,18-/m0/s1. The van der Waals surface area contributed by atoms with Gasteiger partial charge in [-0.05, 0) is 17.9 Å². The lowest BCUT2D eigenvalue weighted by molar-refractivity contribution is -0.121. The van der Waals surface area contributed by atoms with Gasteiger partial charge in [-0.25, -0.2) is 9.97 Å². The van der Waals surface area contributed by atoms with Gasteiger partial charge in [0.25, 0.3) is 11.8 Å². The summed E-state index contributed by atoms with van der Waals surface area (Å²) in [6.07, 6.45) is 2.39. The number of benzene rings is 1. The number of nitrogens with one attached hydrogen (secondary N) is 4. The van der Waals surface area contributed by atoms with Gasteiger partial charge in [0.05, 0.1) is 12.6 Å². The molecule has 1 aliphatic rings. The molecular formula is C25H30N6O4S. The van der Waals surface area contributed by atoms with Crippen LogP contribution in [0.1, 0.15) is 69.8 Å². The van der Waals surface area contributed by atoms with E-state index in [-0.39, 0.29) is 41.9 Å². The second-order valence-electron chi connectivity index (χ2n) is 9.04. The maximum atomic E-state index is 13.1. The number of aromatic nitrogens is 2. The van der Waals surface area contributed by atoms with Crippen molar-refractivity contribution in [3.8, 4) is 0 Å². The molecule has 0 aliphatic carbocycles. The summed E-state index contributed by atoms with van der Waals surface area (Å²) in [5, 5.41) is 14.1. The number of thiazole rings is 1. The number of oxazole rings is 1. The maximum Gasteiger partial charge on any atom is 0.273 e. The van der Waals surface area contributed by atoms with Crippen LogP contribution < -0.4 is 21.3 Å². The molecule has 4 bridgehead atoms. The van der Waals surface area contributed by atoms with Crippen LogP contribution in [0.15, 0.2) is 46.4 Å². The molecule has 0 spiro atoms. The number of hydrogen-bond acceptors (Lipinski definition) is 8. The zero-order valence-electron chi connectivity index (χ0n) is 20.2. The monoisotopic (exact) mass is 510 g/mol. The van der Waals surface area contributed by atoms with Crippen LogP contribution in [0.25, 0.3) is 0 Å². The van der Waals surface area contributed by atoms with E-state index in [2.05, 4.69) is 45.1 Å². The molecule has 4 N–H and O–H groups in total. The highest BCUT2D eigenvalue weighted by atomic mass is 32.1. The van der Waals surface area contributed by atoms with Crippen LogP contribution >= 0.6 is 11.3 Å². The van der Waals surface area contributed by atoms with E-state index in [1.54, 1.807) is 5.38 Å². The number of fused-ring (bicyclic) bond motifs is 4. The molecule has 10 nitrogen and oxygen atoms in total. The molecule has 3 amide bonds. The number of nitrogens with zero attached hydrogens (tertiary/aromatic N) is 2. The fraction of sp³-hybridized carbons (Fsp3) is 0.400. The summed E-state index contributed by atoms with van der Waals surface area (Å²) in [4.78, 5) is 47.1. The second kappa shape index (κ2) is 11.9. The van der Waals surface area contributed by atoms with Crippen LogP contribution in [-0.2, 0) is 11.2 Å². The summed E-state index contributed by atoms with van der Waals surface area (Å²) in [7, 11) is 0. The first-order chi connectivity index (χ1) is 17.4. The van der Waals surface area contributed by atoms with Crippen molar-refractivity contribution >= 4 is 29.1 Å². The fourth-order valence-corrected chi connectivity index (χ4v) is 4.74. The first-order valence-corrected chi connectivity index (χ1v) is 12.8. The first-order valence-electron chi connectivity index (χ1n) is 11.9. The highest BCUT2D eigenvalue weighted by molar-refractivity contribution is 7.09. The average Bonchev–Trinajstić information content (AvgIpc) is 3.53. The van der Waals surface area contributed by atoms with Gasteiger partial charge in [-0.3, -0.25) is 14.4 Å². The lowest BCUT2D eigenvalue weighted by Gasteiger charge is -2.18. The molecule has 3 heterocycles. The van der Waals surface area contributed by atoms with E-state index in [1.165, 1.54) is 17.6 Å². The largest absolute Gasteiger partial charge is 0.446 e. The van der Waals surface area contributed by atoms with E-state index in [0.29, 0.717) is 36.6 Å². The van der Waals surface area contributed by atoms with Gasteiger partial charge in [0.1, 0.15) is 23.0 Å². The van der Waals surface area contributed by atoms with Crippen molar-refractivity contribution in [1.29, 1.82) is 0 Å². The van der Waals surface area contributed by atoms with Crippen LogP contribution in [0.3, 0.4) is 0 Å². The van der Waals surface area contributed by atoms with E-state index < -0.39 is 11.9 Å². The molecule has 2 aromatic heterocycles. The van der Waals surface area contributed by atoms with Gasteiger partial charge in [-0.2, -0.15) is 0 Å². The SMILES string of the molecule is CC(C)C[C@@H]1NC(=O)c2coc(n2)[C@H](Cc2ccccc2)NC(=O)CNCCNC(=O)c2csc1n2. The molecule has 0 saturated carbocycles. The minimum absolute atomic E-state index is 0.0486. The van der Waals surface area contributed by atoms with Crippen molar-refractivity contribution in [1.82, 2.24) is 31.2 Å². The number of carbonyl (C=O) groups is 3. The first kappa shape index (κ1) is 25.5. The Kier molecular flexibility index (Phi) is 8.44. The molecule has 11 heteroatoms. The van der Waals surface area contributed by atoms with Crippen molar-refractivity contribution in [3.63, 3.8) is 0 Å². The Balaban J connectivity index is 1.62. The van der Waals surface area contributed by atoms with Gasteiger partial charge in [-0.15, -0.1) is 11.3 Å². The van der Waals surface area contributed by atoms with E-state index in [9.17, 15) is 14.4 Å². The Hall–Kier alpha value is -3.57. The predicted molar refractivity (Wildman–Crippen MR) is 135 cm³/mol. The van der Waals surface area contributed by atoms with Crippen LogP contribution in [0.2, 0.25) is 0 Å². The molecule has 4 rings (SSSR count). The third-order valence-electron chi connectivity index (χ3n) is 5.61. The molecule has 0 radical (unpaired) electrons. The van der Waals surface area contributed by atoms with Gasteiger partial charge in [0.2, 0.25) is 11.8 Å². The number of rotatable bonds is 4. The Labute approximate surface area is 213 Å². The Bertz CT molecular complexity index is 1190. The molecule has 0 saturated heterocycles. The fourth-order valence-electron chi connectivity index (χ4n) is 3.88. The predicted octanol–water partition coefficient (Wildman–Crippen LogP) is 2.38. The molecule has 1 aliphatic heterocycles. The van der Waals surface area contributed by atoms with Gasteiger partial charge >= 0.3 is 0 Å². The molecule has 0 fully saturated rings. The zero-order chi connectivity index (χ0) is 25.5. The smallest absolute Gasteiger partial charge is 0.273 e. The molecule has 36 heavy (non-hydrogen) atoms. The molecule has 0 unspecified atom stereocenters. The van der Waals surface area contributed by atoms with Gasteiger partial charge in [0.15, 0.2) is 5.69 Å². The topological polar surface area (TPSA) is 138 Å². The number of amides is 3. The molecule has 3 aromatic rings. The Morgan fingerprint density at radius 1 is 1.00 bits per heavy atom. The minimum Gasteiger partial charge on any atom is -0.446 e. The van der Waals surface area contributed by atoms with Crippen LogP contribution in [0.5, 0.6) is 0 Å². The van der Waals surface area contributed by atoms with Crippen molar-refractivity contribution in [2.24, 2.45) is 5.92 Å². The third-order valence-corrected chi connectivity index (χ3v) is 6.57. The maximum absolute atomic E-state index is 13.1. The summed E-state index contributed by atoms with van der Waals surface area (Å²) in [5.41, 5.74) is 1.39. The number of carbonyl (C=O) groups excluding carboxylic acids is 3. The highest BCUT2D eigenvalue weighted by Crippen LogP contribution is 2.26. The van der Waals surface area contributed by atoms with E-state index >= 15 is 0 Å². The summed E-state index contributed by atoms with van der Waals surface area (Å²) in [6.45, 7) is 4.90. The summed E-state index contributed by atoms with van der Waals surface area (Å²) < 4.78 is 5.67. The van der Waals surface area contributed by atoms with Crippen LogP contribution in [0, 0.1) is 5.92 Å². The van der Waals surface area contributed by atoms with Crippen molar-refractivity contribution < 1.29 is 18.8 Å². The molecule has 2 atom stereocenters. The number of hydrogen-bond donors (Lipinski definition) is 4. The normalized spacial score (nSPS) is 19.7. The lowest BCUT2D eigenvalue weighted by Crippen LogP contribution is -2.40. The summed E-state index contributed by atoms with van der Waals surface area (Å²) >= 11 is 1.33. The average molecular weight is 511 g/mol. The van der Waals surface area contributed by atoms with Crippen LogP contribution in [0.4, 0.5) is 0 Å². The quantitative estimate of drug-likeness (QED) is 0.423. The summed E-state index contributed by atoms with van der Waals surface area (Å²) in [5.74, 6) is -0.442.